The Hall–Kier alpha value is -4.65. The number of anilines is 2. The molecule has 3 heterocycles. The molecule has 1 aliphatic carbocycles. The molecule has 2 aromatic heterocycles. The van der Waals surface area contributed by atoms with Crippen molar-refractivity contribution in [1.82, 2.24) is 19.6 Å². The summed E-state index contributed by atoms with van der Waals surface area (Å²) in [5, 5.41) is 16.8. The summed E-state index contributed by atoms with van der Waals surface area (Å²) in [5.74, 6) is -0.0957. The highest BCUT2D eigenvalue weighted by Gasteiger charge is 2.19. The number of carbonyl (C=O) groups is 1. The molecule has 0 saturated heterocycles. The average Bonchev–Trinajstić information content (AvgIpc) is 3.38. The minimum atomic E-state index is -0.0957. The molecule has 1 aliphatic heterocycles. The van der Waals surface area contributed by atoms with Crippen LogP contribution in [-0.2, 0) is 24.8 Å². The lowest BCUT2D eigenvalue weighted by atomic mass is 10.00. The van der Waals surface area contributed by atoms with Crippen LogP contribution in [0.3, 0.4) is 0 Å². The third-order valence-electron chi connectivity index (χ3n) is 8.08. The molecule has 2 N–H and O–H groups in total. The third kappa shape index (κ3) is 5.40. The van der Waals surface area contributed by atoms with Gasteiger partial charge in [0, 0.05) is 41.7 Å². The summed E-state index contributed by atoms with van der Waals surface area (Å²) in [5.41, 5.74) is 11.9. The van der Waals surface area contributed by atoms with Crippen LogP contribution in [0.25, 0.3) is 22.0 Å². The first kappa shape index (κ1) is 26.6. The number of aromatic nitrogens is 4. The summed E-state index contributed by atoms with van der Waals surface area (Å²) in [4.78, 5) is 13.5. The zero-order valence-corrected chi connectivity index (χ0v) is 24.2. The van der Waals surface area contributed by atoms with Crippen LogP contribution in [0.1, 0.15) is 44.4 Å². The highest BCUT2D eigenvalue weighted by Crippen LogP contribution is 2.32. The van der Waals surface area contributed by atoms with E-state index in [1.165, 1.54) is 22.3 Å². The van der Waals surface area contributed by atoms with E-state index in [1.807, 2.05) is 44.7 Å². The molecule has 4 aromatic rings. The van der Waals surface area contributed by atoms with E-state index in [4.69, 9.17) is 5.10 Å². The van der Waals surface area contributed by atoms with Crippen molar-refractivity contribution in [2.24, 2.45) is 7.05 Å². The number of benzene rings is 2. The Balaban J connectivity index is 1.23. The van der Waals surface area contributed by atoms with E-state index in [0.29, 0.717) is 13.0 Å². The highest BCUT2D eigenvalue weighted by atomic mass is 16.1. The van der Waals surface area contributed by atoms with E-state index in [0.717, 1.165) is 63.9 Å². The second-order valence-electron chi connectivity index (χ2n) is 11.0. The van der Waals surface area contributed by atoms with Crippen molar-refractivity contribution in [3.05, 3.63) is 107 Å². The number of nitrogens with one attached hydrogen (secondary N) is 2. The molecule has 41 heavy (non-hydrogen) atoms. The van der Waals surface area contributed by atoms with Gasteiger partial charge in [0.2, 0.25) is 0 Å². The largest absolute Gasteiger partial charge is 0.361 e. The number of fused-ring (bicyclic) bond motifs is 2. The van der Waals surface area contributed by atoms with Crippen LogP contribution >= 0.6 is 0 Å². The van der Waals surface area contributed by atoms with Crippen LogP contribution in [0, 0.1) is 6.92 Å². The first-order valence-electron chi connectivity index (χ1n) is 14.3. The van der Waals surface area contributed by atoms with Crippen molar-refractivity contribution in [3.63, 3.8) is 0 Å². The molecule has 0 saturated carbocycles. The van der Waals surface area contributed by atoms with E-state index in [-0.39, 0.29) is 5.91 Å². The van der Waals surface area contributed by atoms with Gasteiger partial charge in [0.25, 0.3) is 5.91 Å². The average molecular weight is 545 g/mol. The summed E-state index contributed by atoms with van der Waals surface area (Å²) < 4.78 is 3.87. The lowest BCUT2D eigenvalue weighted by Crippen LogP contribution is -2.15. The van der Waals surface area contributed by atoms with E-state index < -0.39 is 0 Å². The molecule has 208 valence electrons. The molecule has 0 radical (unpaired) electrons. The standard InChI is InChI=1S/C34H36N6O/c1-5-24-16-22(2)8-6-9-28(24)21-40-32-11-7-10-30(33(32)23(3)38-40)37-34(41)27-15-13-25-12-14-26(17-31(25)35-18-27)29-19-36-39(4)20-29/h6-12,14,17-20,35H,5,13,15-16,21H2,1-4H3,(H,37,41). The van der Waals surface area contributed by atoms with Crippen LogP contribution in [0.2, 0.25) is 0 Å². The molecule has 7 nitrogen and oxygen atoms in total. The van der Waals surface area contributed by atoms with Gasteiger partial charge in [-0.3, -0.25) is 14.2 Å². The van der Waals surface area contributed by atoms with Gasteiger partial charge in [0.15, 0.2) is 0 Å². The van der Waals surface area contributed by atoms with Crippen molar-refractivity contribution in [3.8, 4) is 11.1 Å². The summed E-state index contributed by atoms with van der Waals surface area (Å²) in [7, 11) is 1.92. The molecular formula is C34H36N6O. The van der Waals surface area contributed by atoms with Crippen molar-refractivity contribution in [1.29, 1.82) is 0 Å². The Kier molecular flexibility index (Phi) is 7.18. The Morgan fingerprint density at radius 1 is 1.12 bits per heavy atom. The number of amides is 1. The lowest BCUT2D eigenvalue weighted by Gasteiger charge is -2.12. The van der Waals surface area contributed by atoms with Crippen LogP contribution in [0.4, 0.5) is 11.4 Å². The smallest absolute Gasteiger partial charge is 0.253 e. The summed E-state index contributed by atoms with van der Waals surface area (Å²) in [6.45, 7) is 7.12. The predicted molar refractivity (Wildman–Crippen MR) is 167 cm³/mol. The van der Waals surface area contributed by atoms with E-state index in [2.05, 4.69) is 76.8 Å². The van der Waals surface area contributed by atoms with Gasteiger partial charge >= 0.3 is 0 Å². The third-order valence-corrected chi connectivity index (χ3v) is 8.08. The van der Waals surface area contributed by atoms with Gasteiger partial charge in [-0.05, 0) is 74.4 Å². The molecule has 0 bridgehead atoms. The van der Waals surface area contributed by atoms with Crippen molar-refractivity contribution < 1.29 is 4.79 Å². The molecule has 2 aromatic carbocycles. The number of allylic oxidation sites excluding steroid dienone is 6. The normalized spacial score (nSPS) is 15.1. The summed E-state index contributed by atoms with van der Waals surface area (Å²) in [6, 6.07) is 12.4. The maximum atomic E-state index is 13.5. The Morgan fingerprint density at radius 2 is 2.00 bits per heavy atom. The topological polar surface area (TPSA) is 76.8 Å². The van der Waals surface area contributed by atoms with Crippen molar-refractivity contribution in [2.45, 2.75) is 53.0 Å². The molecule has 0 fully saturated rings. The zero-order valence-electron chi connectivity index (χ0n) is 24.2. The van der Waals surface area contributed by atoms with Gasteiger partial charge in [-0.15, -0.1) is 0 Å². The van der Waals surface area contributed by atoms with Crippen molar-refractivity contribution in [2.75, 3.05) is 10.6 Å². The summed E-state index contributed by atoms with van der Waals surface area (Å²) in [6.07, 6.45) is 15.7. The number of hydrogen-bond acceptors (Lipinski definition) is 4. The molecule has 0 atom stereocenters. The number of nitrogens with zero attached hydrogens (tertiary/aromatic N) is 4. The zero-order chi connectivity index (χ0) is 28.5. The van der Waals surface area contributed by atoms with Crippen LogP contribution in [-0.4, -0.2) is 25.5 Å². The molecule has 2 aliphatic rings. The van der Waals surface area contributed by atoms with Gasteiger partial charge in [-0.25, -0.2) is 0 Å². The van der Waals surface area contributed by atoms with Gasteiger partial charge in [-0.2, -0.15) is 10.2 Å². The maximum Gasteiger partial charge on any atom is 0.253 e. The monoisotopic (exact) mass is 544 g/mol. The Labute approximate surface area is 241 Å². The quantitative estimate of drug-likeness (QED) is 0.268. The number of carbonyl (C=O) groups excluding carboxylic acids is 1. The van der Waals surface area contributed by atoms with Crippen LogP contribution in [0.5, 0.6) is 0 Å². The summed E-state index contributed by atoms with van der Waals surface area (Å²) >= 11 is 0. The van der Waals surface area contributed by atoms with E-state index in [9.17, 15) is 4.79 Å². The SMILES string of the molecule is CCC1=C(Cn2nc(C)c3c(NC(=O)C4=CNc5cc(-c6cnn(C)c6)ccc5CC4)cccc32)C=CC=C(C)C1. The molecule has 0 unspecified atom stereocenters. The second-order valence-corrected chi connectivity index (χ2v) is 11.0. The van der Waals surface area contributed by atoms with Gasteiger partial charge < -0.3 is 10.6 Å². The fraction of sp³-hybridized carbons (Fsp3) is 0.265. The lowest BCUT2D eigenvalue weighted by molar-refractivity contribution is -0.113. The van der Waals surface area contributed by atoms with Crippen molar-refractivity contribution >= 4 is 28.2 Å². The van der Waals surface area contributed by atoms with Gasteiger partial charge in [0.1, 0.15) is 0 Å². The maximum absolute atomic E-state index is 13.5. The molecule has 1 amide bonds. The minimum Gasteiger partial charge on any atom is -0.361 e. The number of hydrogen-bond donors (Lipinski definition) is 2. The molecule has 7 heteroatoms. The van der Waals surface area contributed by atoms with E-state index in [1.54, 1.807) is 4.68 Å². The second kappa shape index (κ2) is 11.1. The minimum absolute atomic E-state index is 0.0957. The molecule has 6 rings (SSSR count). The van der Waals surface area contributed by atoms with Gasteiger partial charge in [0.05, 0.1) is 29.6 Å². The first-order valence-corrected chi connectivity index (χ1v) is 14.3. The molecule has 0 spiro atoms. The Bertz CT molecular complexity index is 1780. The van der Waals surface area contributed by atoms with Gasteiger partial charge in [-0.1, -0.05) is 54.5 Å². The fourth-order valence-corrected chi connectivity index (χ4v) is 5.85. The van der Waals surface area contributed by atoms with E-state index >= 15 is 0 Å². The number of aryl methyl sites for hydroxylation is 3. The first-order chi connectivity index (χ1) is 19.9. The fourth-order valence-electron chi connectivity index (χ4n) is 5.85. The highest BCUT2D eigenvalue weighted by molar-refractivity contribution is 6.09. The predicted octanol–water partition coefficient (Wildman–Crippen LogP) is 7.24. The molecular weight excluding hydrogens is 508 g/mol. The van der Waals surface area contributed by atoms with Crippen LogP contribution < -0.4 is 10.6 Å². The Morgan fingerprint density at radius 3 is 2.80 bits per heavy atom. The number of rotatable bonds is 6. The van der Waals surface area contributed by atoms with Crippen LogP contribution in [0.15, 0.2) is 95.5 Å².